The van der Waals surface area contributed by atoms with E-state index in [0.29, 0.717) is 19.5 Å². The molecule has 104 valence electrons. The molecule has 0 aliphatic rings. The Morgan fingerprint density at radius 1 is 1.37 bits per heavy atom. The number of carboxylic acid groups (broad SMARTS) is 1. The first-order chi connectivity index (χ1) is 8.83. The SMILES string of the molecule is CC(C)(CNCCc1ccc([N+](=O)[O-])cc1)C(=O)O. The quantitative estimate of drug-likeness (QED) is 0.446. The number of non-ortho nitro benzene ring substituents is 1. The summed E-state index contributed by atoms with van der Waals surface area (Å²) in [5.74, 6) is -0.838. The standard InChI is InChI=1S/C13H18N2O4/c1-13(2,12(16)17)9-14-8-7-10-3-5-11(6-4-10)15(18)19/h3-6,14H,7-9H2,1-2H3,(H,16,17). The molecule has 0 amide bonds. The van der Waals surface area contributed by atoms with E-state index in [0.717, 1.165) is 5.56 Å². The lowest BCUT2D eigenvalue weighted by atomic mass is 9.94. The molecule has 2 N–H and O–H groups in total. The number of nitro groups is 1. The van der Waals surface area contributed by atoms with Crippen LogP contribution in [0.15, 0.2) is 24.3 Å². The topological polar surface area (TPSA) is 92.5 Å². The van der Waals surface area contributed by atoms with E-state index in [2.05, 4.69) is 5.32 Å². The Morgan fingerprint density at radius 3 is 2.42 bits per heavy atom. The van der Waals surface area contributed by atoms with E-state index in [4.69, 9.17) is 5.11 Å². The maximum absolute atomic E-state index is 10.9. The van der Waals surface area contributed by atoms with Crippen LogP contribution >= 0.6 is 0 Å². The zero-order valence-corrected chi connectivity index (χ0v) is 11.0. The first kappa shape index (κ1) is 15.1. The second-order valence-electron chi connectivity index (χ2n) is 5.04. The summed E-state index contributed by atoms with van der Waals surface area (Å²) in [6, 6.07) is 6.36. The summed E-state index contributed by atoms with van der Waals surface area (Å²) in [6.07, 6.45) is 0.702. The molecular weight excluding hydrogens is 248 g/mol. The Bertz CT molecular complexity index is 454. The van der Waals surface area contributed by atoms with Crippen LogP contribution in [0.1, 0.15) is 19.4 Å². The monoisotopic (exact) mass is 266 g/mol. The normalized spacial score (nSPS) is 11.3. The Morgan fingerprint density at radius 2 is 1.95 bits per heavy atom. The van der Waals surface area contributed by atoms with Crippen LogP contribution < -0.4 is 5.32 Å². The van der Waals surface area contributed by atoms with Crippen LogP contribution in [0.5, 0.6) is 0 Å². The number of nitrogens with one attached hydrogen (secondary N) is 1. The lowest BCUT2D eigenvalue weighted by Gasteiger charge is -2.19. The maximum Gasteiger partial charge on any atom is 0.310 e. The Hall–Kier alpha value is -1.95. The van der Waals surface area contributed by atoms with E-state index in [-0.39, 0.29) is 5.69 Å². The summed E-state index contributed by atoms with van der Waals surface area (Å²) in [5, 5.41) is 22.5. The van der Waals surface area contributed by atoms with Gasteiger partial charge in [0.05, 0.1) is 10.3 Å². The molecule has 6 heteroatoms. The summed E-state index contributed by atoms with van der Waals surface area (Å²) in [4.78, 5) is 20.9. The third kappa shape index (κ3) is 4.67. The molecule has 1 rings (SSSR count). The fourth-order valence-corrected chi connectivity index (χ4v) is 1.49. The van der Waals surface area contributed by atoms with Crippen LogP contribution in [-0.4, -0.2) is 29.1 Å². The van der Waals surface area contributed by atoms with E-state index in [1.165, 1.54) is 12.1 Å². The highest BCUT2D eigenvalue weighted by Crippen LogP contribution is 2.14. The zero-order valence-electron chi connectivity index (χ0n) is 11.0. The summed E-state index contributed by atoms with van der Waals surface area (Å²) in [5.41, 5.74) is 0.255. The smallest absolute Gasteiger partial charge is 0.310 e. The minimum Gasteiger partial charge on any atom is -0.481 e. The number of hydrogen-bond acceptors (Lipinski definition) is 4. The van der Waals surface area contributed by atoms with Gasteiger partial charge in [0.1, 0.15) is 0 Å². The lowest BCUT2D eigenvalue weighted by molar-refractivity contribution is -0.384. The maximum atomic E-state index is 10.9. The summed E-state index contributed by atoms with van der Waals surface area (Å²) in [6.45, 7) is 4.34. The van der Waals surface area contributed by atoms with Crippen molar-refractivity contribution in [3.05, 3.63) is 39.9 Å². The van der Waals surface area contributed by atoms with Gasteiger partial charge < -0.3 is 10.4 Å². The third-order valence-electron chi connectivity index (χ3n) is 2.88. The van der Waals surface area contributed by atoms with Crippen molar-refractivity contribution in [1.29, 1.82) is 0 Å². The van der Waals surface area contributed by atoms with Gasteiger partial charge in [-0.25, -0.2) is 0 Å². The van der Waals surface area contributed by atoms with Gasteiger partial charge >= 0.3 is 5.97 Å². The van der Waals surface area contributed by atoms with Crippen molar-refractivity contribution in [3.8, 4) is 0 Å². The lowest BCUT2D eigenvalue weighted by Crippen LogP contribution is -2.36. The van der Waals surface area contributed by atoms with E-state index in [9.17, 15) is 14.9 Å². The second kappa shape index (κ2) is 6.29. The van der Waals surface area contributed by atoms with Crippen LogP contribution in [-0.2, 0) is 11.2 Å². The minimum atomic E-state index is -0.838. The number of hydrogen-bond donors (Lipinski definition) is 2. The first-order valence-electron chi connectivity index (χ1n) is 6.00. The summed E-state index contributed by atoms with van der Waals surface area (Å²) in [7, 11) is 0. The van der Waals surface area contributed by atoms with Crippen molar-refractivity contribution in [2.75, 3.05) is 13.1 Å². The van der Waals surface area contributed by atoms with Crippen molar-refractivity contribution in [2.45, 2.75) is 20.3 Å². The van der Waals surface area contributed by atoms with E-state index < -0.39 is 16.3 Å². The molecule has 0 aliphatic heterocycles. The molecule has 6 nitrogen and oxygen atoms in total. The molecule has 1 aromatic carbocycles. The van der Waals surface area contributed by atoms with Gasteiger partial charge in [-0.2, -0.15) is 0 Å². The highest BCUT2D eigenvalue weighted by molar-refractivity contribution is 5.73. The van der Waals surface area contributed by atoms with Crippen LogP contribution in [0.3, 0.4) is 0 Å². The number of carboxylic acids is 1. The molecular formula is C13H18N2O4. The molecule has 0 unspecified atom stereocenters. The molecule has 0 heterocycles. The molecule has 0 aromatic heterocycles. The predicted octanol–water partition coefficient (Wildman–Crippen LogP) is 1.84. The molecule has 0 saturated carbocycles. The largest absolute Gasteiger partial charge is 0.481 e. The third-order valence-corrected chi connectivity index (χ3v) is 2.88. The van der Waals surface area contributed by atoms with Crippen molar-refractivity contribution in [3.63, 3.8) is 0 Å². The molecule has 0 spiro atoms. The van der Waals surface area contributed by atoms with Gasteiger partial charge in [0.15, 0.2) is 0 Å². The van der Waals surface area contributed by atoms with Crippen LogP contribution in [0, 0.1) is 15.5 Å². The Labute approximate surface area is 111 Å². The molecule has 1 aromatic rings. The van der Waals surface area contributed by atoms with E-state index >= 15 is 0 Å². The minimum absolute atomic E-state index is 0.0729. The fraction of sp³-hybridized carbons (Fsp3) is 0.462. The molecule has 0 fully saturated rings. The van der Waals surface area contributed by atoms with Crippen molar-refractivity contribution < 1.29 is 14.8 Å². The second-order valence-corrected chi connectivity index (χ2v) is 5.04. The Balaban J connectivity index is 2.38. The number of aliphatic carboxylic acids is 1. The molecule has 0 radical (unpaired) electrons. The van der Waals surface area contributed by atoms with Gasteiger partial charge in [-0.1, -0.05) is 12.1 Å². The molecule has 0 atom stereocenters. The molecule has 0 saturated heterocycles. The van der Waals surface area contributed by atoms with Gasteiger partial charge in [-0.15, -0.1) is 0 Å². The van der Waals surface area contributed by atoms with Crippen molar-refractivity contribution >= 4 is 11.7 Å². The number of nitro benzene ring substituents is 1. The first-order valence-corrected chi connectivity index (χ1v) is 6.00. The van der Waals surface area contributed by atoms with Gasteiger partial charge in [0, 0.05) is 18.7 Å². The molecule has 0 bridgehead atoms. The number of carbonyl (C=O) groups is 1. The van der Waals surface area contributed by atoms with Gasteiger partial charge in [0.2, 0.25) is 0 Å². The zero-order chi connectivity index (χ0) is 14.5. The average molecular weight is 266 g/mol. The van der Waals surface area contributed by atoms with Crippen molar-refractivity contribution in [1.82, 2.24) is 5.32 Å². The summed E-state index contributed by atoms with van der Waals surface area (Å²) >= 11 is 0. The van der Waals surface area contributed by atoms with E-state index in [1.54, 1.807) is 26.0 Å². The number of nitrogens with zero attached hydrogens (tertiary/aromatic N) is 1. The highest BCUT2D eigenvalue weighted by Gasteiger charge is 2.26. The van der Waals surface area contributed by atoms with E-state index in [1.807, 2.05) is 0 Å². The highest BCUT2D eigenvalue weighted by atomic mass is 16.6. The van der Waals surface area contributed by atoms with Gasteiger partial charge in [-0.3, -0.25) is 14.9 Å². The molecule has 0 aliphatic carbocycles. The average Bonchev–Trinajstić information content (AvgIpc) is 2.35. The van der Waals surface area contributed by atoms with Crippen LogP contribution in [0.2, 0.25) is 0 Å². The van der Waals surface area contributed by atoms with Crippen molar-refractivity contribution in [2.24, 2.45) is 5.41 Å². The van der Waals surface area contributed by atoms with Gasteiger partial charge in [0.25, 0.3) is 5.69 Å². The predicted molar refractivity (Wildman–Crippen MR) is 71.1 cm³/mol. The van der Waals surface area contributed by atoms with Crippen LogP contribution in [0.25, 0.3) is 0 Å². The summed E-state index contributed by atoms with van der Waals surface area (Å²) < 4.78 is 0. The van der Waals surface area contributed by atoms with Gasteiger partial charge in [-0.05, 0) is 32.4 Å². The molecule has 19 heavy (non-hydrogen) atoms. The Kier molecular flexibility index (Phi) is 5.00. The number of rotatable bonds is 7. The fourth-order valence-electron chi connectivity index (χ4n) is 1.49. The van der Waals surface area contributed by atoms with Crippen LogP contribution in [0.4, 0.5) is 5.69 Å². The number of benzene rings is 1.